The Bertz CT molecular complexity index is 538. The maximum Gasteiger partial charge on any atom is 0.251 e. The Morgan fingerprint density at radius 3 is 2.70 bits per heavy atom. The Morgan fingerprint density at radius 1 is 1.40 bits per heavy atom. The third-order valence-corrected chi connectivity index (χ3v) is 3.05. The van der Waals surface area contributed by atoms with Crippen molar-refractivity contribution in [3.05, 3.63) is 36.2 Å². The highest BCUT2D eigenvalue weighted by atomic mass is 16.3. The number of hydrogen-bond acceptors (Lipinski definition) is 5. The normalized spacial score (nSPS) is 12.1. The maximum absolute atomic E-state index is 12.0. The fraction of sp³-hybridized carbons (Fsp3) is 0.385. The van der Waals surface area contributed by atoms with Crippen LogP contribution in [0.5, 0.6) is 0 Å². The van der Waals surface area contributed by atoms with Crippen LogP contribution in [0.1, 0.15) is 30.1 Å². The van der Waals surface area contributed by atoms with Crippen molar-refractivity contribution in [1.29, 1.82) is 0 Å². The summed E-state index contributed by atoms with van der Waals surface area (Å²) in [6, 6.07) is 6.98. The number of amides is 1. The molecular formula is C13H17N5O2. The standard InChI is InChI=1S/C13H17N5O2/c1-2-11(7-8-19)15-13(20)10-3-5-12(6-4-10)18-9-14-16-17-18/h3-6,9,11,19H,2,7-8H2,1H3,(H,15,20). The predicted octanol–water partition coefficient (Wildman–Crippen LogP) is 0.553. The number of carbonyl (C=O) groups is 1. The number of benzene rings is 1. The van der Waals surface area contributed by atoms with Crippen molar-refractivity contribution >= 4 is 5.91 Å². The van der Waals surface area contributed by atoms with Gasteiger partial charge in [0.15, 0.2) is 0 Å². The van der Waals surface area contributed by atoms with E-state index in [0.29, 0.717) is 12.0 Å². The monoisotopic (exact) mass is 275 g/mol. The third-order valence-electron chi connectivity index (χ3n) is 3.05. The summed E-state index contributed by atoms with van der Waals surface area (Å²) in [5.41, 5.74) is 1.35. The van der Waals surface area contributed by atoms with Gasteiger partial charge in [0.25, 0.3) is 5.91 Å². The summed E-state index contributed by atoms with van der Waals surface area (Å²) in [7, 11) is 0. The van der Waals surface area contributed by atoms with Gasteiger partial charge in [-0.2, -0.15) is 0 Å². The van der Waals surface area contributed by atoms with Crippen LogP contribution in [0.2, 0.25) is 0 Å². The molecule has 0 saturated heterocycles. The quantitative estimate of drug-likeness (QED) is 0.803. The molecule has 2 aromatic rings. The number of tetrazole rings is 1. The van der Waals surface area contributed by atoms with Crippen LogP contribution in [0.15, 0.2) is 30.6 Å². The van der Waals surface area contributed by atoms with Crippen LogP contribution in [-0.4, -0.2) is 43.9 Å². The van der Waals surface area contributed by atoms with E-state index >= 15 is 0 Å². The Morgan fingerprint density at radius 2 is 2.15 bits per heavy atom. The third kappa shape index (κ3) is 3.39. The van der Waals surface area contributed by atoms with E-state index in [4.69, 9.17) is 5.11 Å². The molecule has 106 valence electrons. The zero-order valence-electron chi connectivity index (χ0n) is 11.2. The van der Waals surface area contributed by atoms with Gasteiger partial charge in [-0.05, 0) is 47.5 Å². The van der Waals surface area contributed by atoms with E-state index in [9.17, 15) is 4.79 Å². The van der Waals surface area contributed by atoms with Crippen LogP contribution in [0, 0.1) is 0 Å². The molecule has 7 heteroatoms. The highest BCUT2D eigenvalue weighted by Gasteiger charge is 2.11. The number of carbonyl (C=O) groups excluding carboxylic acids is 1. The topological polar surface area (TPSA) is 92.9 Å². The molecule has 0 saturated carbocycles. The number of hydrogen-bond donors (Lipinski definition) is 2. The number of aliphatic hydroxyl groups is 1. The lowest BCUT2D eigenvalue weighted by Gasteiger charge is -2.15. The minimum absolute atomic E-state index is 0.00769. The van der Waals surface area contributed by atoms with Gasteiger partial charge in [0, 0.05) is 18.2 Å². The van der Waals surface area contributed by atoms with Crippen molar-refractivity contribution in [3.63, 3.8) is 0 Å². The van der Waals surface area contributed by atoms with Crippen molar-refractivity contribution in [1.82, 2.24) is 25.5 Å². The average molecular weight is 275 g/mol. The van der Waals surface area contributed by atoms with Gasteiger partial charge in [0.05, 0.1) is 5.69 Å². The Hall–Kier alpha value is -2.28. The van der Waals surface area contributed by atoms with E-state index < -0.39 is 0 Å². The van der Waals surface area contributed by atoms with E-state index in [1.807, 2.05) is 6.92 Å². The fourth-order valence-electron chi connectivity index (χ4n) is 1.85. The highest BCUT2D eigenvalue weighted by Crippen LogP contribution is 2.08. The predicted molar refractivity (Wildman–Crippen MR) is 72.4 cm³/mol. The molecule has 2 N–H and O–H groups in total. The molecule has 1 amide bonds. The second-order valence-corrected chi connectivity index (χ2v) is 4.39. The van der Waals surface area contributed by atoms with Crippen molar-refractivity contribution in [2.45, 2.75) is 25.8 Å². The van der Waals surface area contributed by atoms with Crippen LogP contribution < -0.4 is 5.32 Å². The lowest BCUT2D eigenvalue weighted by Crippen LogP contribution is -2.35. The van der Waals surface area contributed by atoms with Crippen molar-refractivity contribution in [2.75, 3.05) is 6.61 Å². The van der Waals surface area contributed by atoms with E-state index in [0.717, 1.165) is 12.1 Å². The van der Waals surface area contributed by atoms with Crippen LogP contribution in [0.4, 0.5) is 0 Å². The number of rotatable bonds is 6. The molecule has 0 radical (unpaired) electrons. The Balaban J connectivity index is 2.04. The first-order valence-electron chi connectivity index (χ1n) is 6.49. The molecule has 7 nitrogen and oxygen atoms in total. The van der Waals surface area contributed by atoms with Crippen molar-refractivity contribution in [3.8, 4) is 5.69 Å². The van der Waals surface area contributed by atoms with Gasteiger partial charge in [-0.15, -0.1) is 5.10 Å². The van der Waals surface area contributed by atoms with E-state index in [1.165, 1.54) is 11.0 Å². The summed E-state index contributed by atoms with van der Waals surface area (Å²) >= 11 is 0. The molecule has 0 spiro atoms. The summed E-state index contributed by atoms with van der Waals surface area (Å²) in [5, 5.41) is 22.7. The lowest BCUT2D eigenvalue weighted by atomic mass is 10.1. The number of aromatic nitrogens is 4. The first kappa shape index (κ1) is 14.1. The molecule has 0 bridgehead atoms. The van der Waals surface area contributed by atoms with Crippen LogP contribution in [0.3, 0.4) is 0 Å². The van der Waals surface area contributed by atoms with Crippen LogP contribution in [0.25, 0.3) is 5.69 Å². The Labute approximate surface area is 116 Å². The molecule has 1 heterocycles. The molecule has 2 rings (SSSR count). The van der Waals surface area contributed by atoms with Gasteiger partial charge < -0.3 is 10.4 Å². The molecule has 0 fully saturated rings. The zero-order chi connectivity index (χ0) is 14.4. The largest absolute Gasteiger partial charge is 0.396 e. The summed E-state index contributed by atoms with van der Waals surface area (Å²) in [6.07, 6.45) is 2.84. The molecule has 1 aromatic carbocycles. The summed E-state index contributed by atoms with van der Waals surface area (Å²) in [5.74, 6) is -0.145. The second kappa shape index (κ2) is 6.76. The zero-order valence-corrected chi connectivity index (χ0v) is 11.2. The van der Waals surface area contributed by atoms with Crippen molar-refractivity contribution in [2.24, 2.45) is 0 Å². The lowest BCUT2D eigenvalue weighted by molar-refractivity contribution is 0.0929. The maximum atomic E-state index is 12.0. The van der Waals surface area contributed by atoms with Gasteiger partial charge in [0.1, 0.15) is 6.33 Å². The van der Waals surface area contributed by atoms with Gasteiger partial charge in [-0.1, -0.05) is 6.92 Å². The number of nitrogens with one attached hydrogen (secondary N) is 1. The second-order valence-electron chi connectivity index (χ2n) is 4.39. The minimum Gasteiger partial charge on any atom is -0.396 e. The molecule has 1 aromatic heterocycles. The minimum atomic E-state index is -0.145. The average Bonchev–Trinajstić information content (AvgIpc) is 3.01. The SMILES string of the molecule is CCC(CCO)NC(=O)c1ccc(-n2cnnn2)cc1. The summed E-state index contributed by atoms with van der Waals surface area (Å²) in [6.45, 7) is 2.04. The summed E-state index contributed by atoms with van der Waals surface area (Å²) < 4.78 is 1.52. The molecule has 0 aliphatic rings. The van der Waals surface area contributed by atoms with Crippen molar-refractivity contribution < 1.29 is 9.90 Å². The van der Waals surface area contributed by atoms with Gasteiger partial charge in [0.2, 0.25) is 0 Å². The molecule has 0 aliphatic heterocycles. The molecule has 1 atom stereocenters. The first-order valence-corrected chi connectivity index (χ1v) is 6.49. The smallest absolute Gasteiger partial charge is 0.251 e. The molecule has 0 aliphatic carbocycles. The highest BCUT2D eigenvalue weighted by molar-refractivity contribution is 5.94. The Kier molecular flexibility index (Phi) is 4.78. The van der Waals surface area contributed by atoms with Crippen LogP contribution >= 0.6 is 0 Å². The summed E-state index contributed by atoms with van der Waals surface area (Å²) in [4.78, 5) is 12.0. The van der Waals surface area contributed by atoms with E-state index in [2.05, 4.69) is 20.8 Å². The molecule has 1 unspecified atom stereocenters. The number of nitrogens with zero attached hydrogens (tertiary/aromatic N) is 4. The first-order chi connectivity index (χ1) is 9.74. The fourth-order valence-corrected chi connectivity index (χ4v) is 1.85. The molecular weight excluding hydrogens is 258 g/mol. The van der Waals surface area contributed by atoms with E-state index in [1.54, 1.807) is 24.3 Å². The van der Waals surface area contributed by atoms with Gasteiger partial charge in [-0.25, -0.2) is 4.68 Å². The number of aliphatic hydroxyl groups excluding tert-OH is 1. The van der Waals surface area contributed by atoms with Gasteiger partial charge in [-0.3, -0.25) is 4.79 Å². The van der Waals surface area contributed by atoms with E-state index in [-0.39, 0.29) is 18.6 Å². The molecule has 20 heavy (non-hydrogen) atoms. The van der Waals surface area contributed by atoms with Crippen LogP contribution in [-0.2, 0) is 0 Å². The van der Waals surface area contributed by atoms with Gasteiger partial charge >= 0.3 is 0 Å².